The zero-order valence-corrected chi connectivity index (χ0v) is 14.5. The first kappa shape index (κ1) is 16.5. The molecule has 134 valence electrons. The van der Waals surface area contributed by atoms with E-state index in [4.69, 9.17) is 0 Å². The van der Waals surface area contributed by atoms with Crippen molar-refractivity contribution in [2.24, 2.45) is 5.92 Å². The molecule has 2 amide bonds. The topological polar surface area (TPSA) is 69.6 Å². The average Bonchev–Trinajstić information content (AvgIpc) is 3.10. The number of carbonyl (C=O) groups is 2. The Labute approximate surface area is 152 Å². The Morgan fingerprint density at radius 2 is 1.62 bits per heavy atom. The quantitative estimate of drug-likeness (QED) is 0.777. The van der Waals surface area contributed by atoms with E-state index in [-0.39, 0.29) is 11.8 Å². The van der Waals surface area contributed by atoms with Crippen LogP contribution in [0.15, 0.2) is 48.8 Å². The summed E-state index contributed by atoms with van der Waals surface area (Å²) >= 11 is 0. The monoisotopic (exact) mass is 351 g/mol. The van der Waals surface area contributed by atoms with Gasteiger partial charge in [-0.1, -0.05) is 18.2 Å². The number of benzene rings is 1. The van der Waals surface area contributed by atoms with E-state index < -0.39 is 5.92 Å². The first-order valence-corrected chi connectivity index (χ1v) is 8.91. The van der Waals surface area contributed by atoms with Gasteiger partial charge >= 0.3 is 0 Å². The Bertz CT molecular complexity index is 775. The van der Waals surface area contributed by atoms with Gasteiger partial charge in [-0.2, -0.15) is 0 Å². The van der Waals surface area contributed by atoms with Crippen molar-refractivity contribution >= 4 is 23.5 Å². The molecule has 1 atom stereocenters. The number of rotatable bonds is 3. The fraction of sp³-hybridized carbons (Fsp3) is 0.368. The molecule has 26 heavy (non-hydrogen) atoms. The predicted octanol–water partition coefficient (Wildman–Crippen LogP) is 1.18. The van der Waals surface area contributed by atoms with Crippen LogP contribution in [-0.4, -0.2) is 59.4 Å². The van der Waals surface area contributed by atoms with Gasteiger partial charge in [-0.25, -0.2) is 9.97 Å². The summed E-state index contributed by atoms with van der Waals surface area (Å²) in [5, 5.41) is 0. The summed E-state index contributed by atoms with van der Waals surface area (Å²) < 4.78 is 0. The SMILES string of the molecule is O=C([C@@H]1CCN(c2ccccc2)C1=O)N1CCN(c2ncccn2)CC1. The Morgan fingerprint density at radius 3 is 2.31 bits per heavy atom. The molecule has 0 N–H and O–H groups in total. The number of hydrogen-bond donors (Lipinski definition) is 0. The molecule has 0 spiro atoms. The lowest BCUT2D eigenvalue weighted by Gasteiger charge is -2.35. The minimum atomic E-state index is -0.560. The van der Waals surface area contributed by atoms with E-state index >= 15 is 0 Å². The summed E-state index contributed by atoms with van der Waals surface area (Å²) in [7, 11) is 0. The third-order valence-corrected chi connectivity index (χ3v) is 5.00. The van der Waals surface area contributed by atoms with E-state index in [1.54, 1.807) is 28.3 Å². The van der Waals surface area contributed by atoms with E-state index in [1.165, 1.54) is 0 Å². The molecule has 7 heteroatoms. The number of carbonyl (C=O) groups excluding carboxylic acids is 2. The van der Waals surface area contributed by atoms with Crippen molar-refractivity contribution in [2.75, 3.05) is 42.5 Å². The normalized spacial score (nSPS) is 20.5. The molecule has 1 aromatic carbocycles. The number of nitrogens with zero attached hydrogens (tertiary/aromatic N) is 5. The zero-order valence-electron chi connectivity index (χ0n) is 14.5. The maximum Gasteiger partial charge on any atom is 0.239 e. The maximum absolute atomic E-state index is 12.9. The summed E-state index contributed by atoms with van der Waals surface area (Å²) in [6.45, 7) is 3.13. The molecule has 7 nitrogen and oxygen atoms in total. The van der Waals surface area contributed by atoms with Crippen molar-refractivity contribution in [3.05, 3.63) is 48.8 Å². The molecule has 0 unspecified atom stereocenters. The fourth-order valence-electron chi connectivity index (χ4n) is 3.58. The Balaban J connectivity index is 1.38. The van der Waals surface area contributed by atoms with Gasteiger partial charge < -0.3 is 14.7 Å². The maximum atomic E-state index is 12.9. The van der Waals surface area contributed by atoms with Crippen molar-refractivity contribution in [1.29, 1.82) is 0 Å². The smallest absolute Gasteiger partial charge is 0.239 e. The van der Waals surface area contributed by atoms with Crippen molar-refractivity contribution in [3.8, 4) is 0 Å². The van der Waals surface area contributed by atoms with E-state index in [0.717, 1.165) is 5.69 Å². The van der Waals surface area contributed by atoms with Crippen LogP contribution in [0.3, 0.4) is 0 Å². The molecule has 0 saturated carbocycles. The number of aromatic nitrogens is 2. The highest BCUT2D eigenvalue weighted by molar-refractivity contribution is 6.09. The number of anilines is 2. The number of amides is 2. The van der Waals surface area contributed by atoms with Crippen LogP contribution in [0.2, 0.25) is 0 Å². The number of hydrogen-bond acceptors (Lipinski definition) is 5. The molecular formula is C19H21N5O2. The second kappa shape index (κ2) is 7.11. The molecule has 1 aromatic heterocycles. The summed E-state index contributed by atoms with van der Waals surface area (Å²) in [6.07, 6.45) is 4.01. The molecule has 2 saturated heterocycles. The molecule has 3 heterocycles. The third-order valence-electron chi connectivity index (χ3n) is 5.00. The molecule has 2 aliphatic heterocycles. The van der Waals surface area contributed by atoms with Gasteiger partial charge in [0.05, 0.1) is 0 Å². The molecule has 0 bridgehead atoms. The second-order valence-electron chi connectivity index (χ2n) is 6.53. The zero-order chi connectivity index (χ0) is 17.9. The second-order valence-corrected chi connectivity index (χ2v) is 6.53. The Morgan fingerprint density at radius 1 is 0.923 bits per heavy atom. The van der Waals surface area contributed by atoms with Crippen LogP contribution < -0.4 is 9.80 Å². The van der Waals surface area contributed by atoms with E-state index in [2.05, 4.69) is 14.9 Å². The van der Waals surface area contributed by atoms with Crippen LogP contribution >= 0.6 is 0 Å². The lowest BCUT2D eigenvalue weighted by molar-refractivity contribution is -0.140. The van der Waals surface area contributed by atoms with E-state index in [9.17, 15) is 9.59 Å². The van der Waals surface area contributed by atoms with Crippen molar-refractivity contribution in [1.82, 2.24) is 14.9 Å². The molecule has 2 aliphatic rings. The van der Waals surface area contributed by atoms with Crippen LogP contribution in [0, 0.1) is 5.92 Å². The largest absolute Gasteiger partial charge is 0.338 e. The first-order chi connectivity index (χ1) is 12.7. The lowest BCUT2D eigenvalue weighted by atomic mass is 10.1. The van der Waals surface area contributed by atoms with Gasteiger partial charge in [-0.05, 0) is 24.6 Å². The van der Waals surface area contributed by atoms with Crippen molar-refractivity contribution < 1.29 is 9.59 Å². The van der Waals surface area contributed by atoms with Gasteiger partial charge in [0.15, 0.2) is 0 Å². The van der Waals surface area contributed by atoms with Crippen LogP contribution in [0.1, 0.15) is 6.42 Å². The molecular weight excluding hydrogens is 330 g/mol. The molecule has 2 aromatic rings. The molecule has 2 fully saturated rings. The highest BCUT2D eigenvalue weighted by Crippen LogP contribution is 2.26. The summed E-state index contributed by atoms with van der Waals surface area (Å²) in [4.78, 5) is 39.7. The van der Waals surface area contributed by atoms with Gasteiger partial charge in [-0.3, -0.25) is 9.59 Å². The lowest BCUT2D eigenvalue weighted by Crippen LogP contribution is -2.51. The molecule has 0 aliphatic carbocycles. The standard InChI is InChI=1S/C19H21N5O2/c25-17(16-7-10-24(18(16)26)15-5-2-1-3-6-15)22-11-13-23(14-12-22)19-20-8-4-9-21-19/h1-6,8-9,16H,7,10-14H2/t16-/m0/s1. The minimum Gasteiger partial charge on any atom is -0.338 e. The van der Waals surface area contributed by atoms with Crippen LogP contribution in [0.25, 0.3) is 0 Å². The van der Waals surface area contributed by atoms with E-state index in [1.807, 2.05) is 30.3 Å². The summed E-state index contributed by atoms with van der Waals surface area (Å²) in [5.74, 6) is -0.0152. The Hall–Kier alpha value is -2.96. The van der Waals surface area contributed by atoms with Gasteiger partial charge in [-0.15, -0.1) is 0 Å². The van der Waals surface area contributed by atoms with Gasteiger partial charge in [0.2, 0.25) is 17.8 Å². The van der Waals surface area contributed by atoms with Gasteiger partial charge in [0.1, 0.15) is 5.92 Å². The molecule has 4 rings (SSSR count). The average molecular weight is 351 g/mol. The fourth-order valence-corrected chi connectivity index (χ4v) is 3.58. The van der Waals surface area contributed by atoms with Crippen LogP contribution in [-0.2, 0) is 9.59 Å². The number of para-hydroxylation sites is 1. The summed E-state index contributed by atoms with van der Waals surface area (Å²) in [5.41, 5.74) is 0.860. The minimum absolute atomic E-state index is 0.0536. The summed E-state index contributed by atoms with van der Waals surface area (Å²) in [6, 6.07) is 11.3. The highest BCUT2D eigenvalue weighted by atomic mass is 16.2. The predicted molar refractivity (Wildman–Crippen MR) is 97.7 cm³/mol. The van der Waals surface area contributed by atoms with Crippen LogP contribution in [0.4, 0.5) is 11.6 Å². The van der Waals surface area contributed by atoms with E-state index in [0.29, 0.717) is 45.1 Å². The van der Waals surface area contributed by atoms with Crippen molar-refractivity contribution in [3.63, 3.8) is 0 Å². The third kappa shape index (κ3) is 3.12. The Kier molecular flexibility index (Phi) is 4.51. The first-order valence-electron chi connectivity index (χ1n) is 8.91. The highest BCUT2D eigenvalue weighted by Gasteiger charge is 2.40. The van der Waals surface area contributed by atoms with Crippen molar-refractivity contribution in [2.45, 2.75) is 6.42 Å². The number of piperazine rings is 1. The van der Waals surface area contributed by atoms with Crippen LogP contribution in [0.5, 0.6) is 0 Å². The molecule has 0 radical (unpaired) electrons. The van der Waals surface area contributed by atoms with Gasteiger partial charge in [0.25, 0.3) is 0 Å². The van der Waals surface area contributed by atoms with Gasteiger partial charge in [0, 0.05) is 50.8 Å².